The van der Waals surface area contributed by atoms with Crippen LogP contribution in [0.4, 0.5) is 5.82 Å². The van der Waals surface area contributed by atoms with Crippen LogP contribution in [0, 0.1) is 12.8 Å². The van der Waals surface area contributed by atoms with Crippen molar-refractivity contribution in [3.05, 3.63) is 15.7 Å². The number of carbonyl (C=O) groups is 1. The fourth-order valence-corrected chi connectivity index (χ4v) is 3.98. The van der Waals surface area contributed by atoms with Crippen molar-refractivity contribution >= 4 is 44.9 Å². The molecule has 1 aliphatic heterocycles. The van der Waals surface area contributed by atoms with Crippen molar-refractivity contribution in [2.24, 2.45) is 5.92 Å². The van der Waals surface area contributed by atoms with Crippen molar-refractivity contribution in [2.45, 2.75) is 20.8 Å². The zero-order chi connectivity index (χ0) is 17.3. The van der Waals surface area contributed by atoms with Gasteiger partial charge in [0.2, 0.25) is 5.28 Å². The third-order valence-electron chi connectivity index (χ3n) is 3.89. The SMILES string of the molecule is Cc1c(C(=O)OCC(C)C)sc2nc(Cl)nc(N3CCNCC3)c12. The zero-order valence-electron chi connectivity index (χ0n) is 14.1. The molecule has 0 aliphatic carbocycles. The van der Waals surface area contributed by atoms with E-state index in [4.69, 9.17) is 16.3 Å². The summed E-state index contributed by atoms with van der Waals surface area (Å²) in [5, 5.41) is 4.44. The third-order valence-corrected chi connectivity index (χ3v) is 5.23. The maximum atomic E-state index is 12.4. The molecule has 6 nitrogen and oxygen atoms in total. The molecule has 3 heterocycles. The normalized spacial score (nSPS) is 15.3. The van der Waals surface area contributed by atoms with Crippen LogP contribution in [0.1, 0.15) is 29.1 Å². The summed E-state index contributed by atoms with van der Waals surface area (Å²) in [4.78, 5) is 24.7. The average Bonchev–Trinajstić information content (AvgIpc) is 2.89. The Bertz CT molecular complexity index is 756. The van der Waals surface area contributed by atoms with E-state index in [-0.39, 0.29) is 11.3 Å². The molecule has 1 aliphatic rings. The van der Waals surface area contributed by atoms with Gasteiger partial charge in [0.25, 0.3) is 0 Å². The number of anilines is 1. The van der Waals surface area contributed by atoms with Gasteiger partial charge < -0.3 is 15.0 Å². The second-order valence-corrected chi connectivity index (χ2v) is 7.62. The summed E-state index contributed by atoms with van der Waals surface area (Å²) in [5.41, 5.74) is 0.869. The summed E-state index contributed by atoms with van der Waals surface area (Å²) < 4.78 is 5.38. The number of aromatic nitrogens is 2. The Morgan fingerprint density at radius 1 is 1.38 bits per heavy atom. The molecule has 24 heavy (non-hydrogen) atoms. The van der Waals surface area contributed by atoms with E-state index in [1.807, 2.05) is 20.8 Å². The van der Waals surface area contributed by atoms with Gasteiger partial charge in [-0.15, -0.1) is 11.3 Å². The number of hydrogen-bond donors (Lipinski definition) is 1. The van der Waals surface area contributed by atoms with Gasteiger partial charge in [0.1, 0.15) is 15.5 Å². The van der Waals surface area contributed by atoms with Crippen LogP contribution in [-0.4, -0.2) is 48.7 Å². The number of esters is 1. The number of hydrogen-bond acceptors (Lipinski definition) is 7. The predicted molar refractivity (Wildman–Crippen MR) is 97.4 cm³/mol. The highest BCUT2D eigenvalue weighted by Gasteiger charge is 2.24. The number of ether oxygens (including phenoxy) is 1. The van der Waals surface area contributed by atoms with Crippen LogP contribution in [0.2, 0.25) is 5.28 Å². The average molecular weight is 369 g/mol. The van der Waals surface area contributed by atoms with Crippen molar-refractivity contribution in [1.29, 1.82) is 0 Å². The van der Waals surface area contributed by atoms with Crippen molar-refractivity contribution < 1.29 is 9.53 Å². The molecular weight excluding hydrogens is 348 g/mol. The predicted octanol–water partition coefficient (Wildman–Crippen LogP) is 2.88. The maximum Gasteiger partial charge on any atom is 0.348 e. The standard InChI is InChI=1S/C16H21ClN4O2S/c1-9(2)8-23-15(22)12-10(3)11-13(21-6-4-18-5-7-21)19-16(17)20-14(11)24-12/h9,18H,4-8H2,1-3H3. The summed E-state index contributed by atoms with van der Waals surface area (Å²) >= 11 is 7.44. The fourth-order valence-electron chi connectivity index (χ4n) is 2.70. The van der Waals surface area contributed by atoms with Gasteiger partial charge in [-0.2, -0.15) is 4.98 Å². The topological polar surface area (TPSA) is 67.3 Å². The number of nitrogens with zero attached hydrogens (tertiary/aromatic N) is 3. The molecule has 3 rings (SSSR count). The van der Waals surface area contributed by atoms with Gasteiger partial charge in [0, 0.05) is 26.2 Å². The van der Waals surface area contributed by atoms with Gasteiger partial charge in [-0.1, -0.05) is 13.8 Å². The second-order valence-electron chi connectivity index (χ2n) is 6.28. The lowest BCUT2D eigenvalue weighted by Crippen LogP contribution is -2.44. The Balaban J connectivity index is 2.02. The Morgan fingerprint density at radius 3 is 2.75 bits per heavy atom. The second kappa shape index (κ2) is 7.21. The first-order chi connectivity index (χ1) is 11.5. The quantitative estimate of drug-likeness (QED) is 0.661. The molecule has 1 N–H and O–H groups in total. The van der Waals surface area contributed by atoms with E-state index in [1.165, 1.54) is 11.3 Å². The van der Waals surface area contributed by atoms with Gasteiger partial charge in [-0.25, -0.2) is 9.78 Å². The van der Waals surface area contributed by atoms with E-state index in [0.717, 1.165) is 47.8 Å². The molecule has 0 saturated carbocycles. The number of halogens is 1. The van der Waals surface area contributed by atoms with Crippen molar-refractivity contribution in [3.63, 3.8) is 0 Å². The zero-order valence-corrected chi connectivity index (χ0v) is 15.6. The number of piperazine rings is 1. The molecule has 0 amide bonds. The highest BCUT2D eigenvalue weighted by molar-refractivity contribution is 7.20. The molecule has 0 unspecified atom stereocenters. The minimum atomic E-state index is -0.299. The lowest BCUT2D eigenvalue weighted by Gasteiger charge is -2.29. The largest absolute Gasteiger partial charge is 0.461 e. The van der Waals surface area contributed by atoms with Crippen molar-refractivity contribution in [2.75, 3.05) is 37.7 Å². The van der Waals surface area contributed by atoms with Crippen molar-refractivity contribution in [1.82, 2.24) is 15.3 Å². The summed E-state index contributed by atoms with van der Waals surface area (Å²) in [6, 6.07) is 0. The highest BCUT2D eigenvalue weighted by atomic mass is 35.5. The van der Waals surface area contributed by atoms with E-state index in [0.29, 0.717) is 17.4 Å². The van der Waals surface area contributed by atoms with Gasteiger partial charge in [0.05, 0.1) is 12.0 Å². The minimum absolute atomic E-state index is 0.208. The minimum Gasteiger partial charge on any atom is -0.461 e. The summed E-state index contributed by atoms with van der Waals surface area (Å²) in [6.45, 7) is 9.86. The van der Waals surface area contributed by atoms with Crippen LogP contribution in [0.3, 0.4) is 0 Å². The first-order valence-corrected chi connectivity index (χ1v) is 9.26. The van der Waals surface area contributed by atoms with Gasteiger partial charge in [0.15, 0.2) is 0 Å². The van der Waals surface area contributed by atoms with Gasteiger partial charge in [-0.3, -0.25) is 0 Å². The molecule has 0 aromatic carbocycles. The van der Waals surface area contributed by atoms with Crippen LogP contribution in [0.15, 0.2) is 0 Å². The summed E-state index contributed by atoms with van der Waals surface area (Å²) in [6.07, 6.45) is 0. The lowest BCUT2D eigenvalue weighted by molar-refractivity contribution is 0.0464. The fraction of sp³-hybridized carbons (Fsp3) is 0.562. The molecule has 2 aromatic rings. The van der Waals surface area contributed by atoms with Crippen LogP contribution in [0.5, 0.6) is 0 Å². The first kappa shape index (κ1) is 17.4. The molecule has 8 heteroatoms. The van der Waals surface area contributed by atoms with Crippen LogP contribution >= 0.6 is 22.9 Å². The number of rotatable bonds is 4. The molecule has 1 saturated heterocycles. The van der Waals surface area contributed by atoms with E-state index in [1.54, 1.807) is 0 Å². The molecule has 0 spiro atoms. The van der Waals surface area contributed by atoms with E-state index in [9.17, 15) is 4.79 Å². The van der Waals surface area contributed by atoms with E-state index < -0.39 is 0 Å². The first-order valence-electron chi connectivity index (χ1n) is 8.06. The Labute approximate surface area is 150 Å². The number of nitrogens with one attached hydrogen (secondary N) is 1. The molecule has 2 aromatic heterocycles. The van der Waals surface area contributed by atoms with Crippen molar-refractivity contribution in [3.8, 4) is 0 Å². The summed E-state index contributed by atoms with van der Waals surface area (Å²) in [7, 11) is 0. The Morgan fingerprint density at radius 2 is 2.08 bits per heavy atom. The molecule has 0 atom stereocenters. The maximum absolute atomic E-state index is 12.4. The Hall–Kier alpha value is -1.44. The lowest BCUT2D eigenvalue weighted by atomic mass is 10.2. The molecule has 0 radical (unpaired) electrons. The molecular formula is C16H21ClN4O2S. The monoisotopic (exact) mass is 368 g/mol. The van der Waals surface area contributed by atoms with Crippen LogP contribution in [0.25, 0.3) is 10.2 Å². The number of carbonyl (C=O) groups excluding carboxylic acids is 1. The Kier molecular flexibility index (Phi) is 5.22. The van der Waals surface area contributed by atoms with Crippen LogP contribution in [-0.2, 0) is 4.74 Å². The van der Waals surface area contributed by atoms with Gasteiger partial charge >= 0.3 is 5.97 Å². The molecule has 0 bridgehead atoms. The molecule has 130 valence electrons. The van der Waals surface area contributed by atoms with Crippen LogP contribution < -0.4 is 10.2 Å². The smallest absolute Gasteiger partial charge is 0.348 e. The number of thiophene rings is 1. The van der Waals surface area contributed by atoms with E-state index >= 15 is 0 Å². The summed E-state index contributed by atoms with van der Waals surface area (Å²) in [5.74, 6) is 0.809. The van der Waals surface area contributed by atoms with E-state index in [2.05, 4.69) is 20.2 Å². The van der Waals surface area contributed by atoms with Gasteiger partial charge in [-0.05, 0) is 30.0 Å². The third kappa shape index (κ3) is 3.48. The number of aryl methyl sites for hydroxylation is 1. The highest BCUT2D eigenvalue weighted by Crippen LogP contribution is 2.36. The number of fused-ring (bicyclic) bond motifs is 1. The molecule has 1 fully saturated rings.